The fourth-order valence-electron chi connectivity index (χ4n) is 1.63. The third-order valence-corrected chi connectivity index (χ3v) is 2.87. The van der Waals surface area contributed by atoms with Gasteiger partial charge in [0.1, 0.15) is 5.41 Å². The molecule has 0 unspecified atom stereocenters. The van der Waals surface area contributed by atoms with Crippen LogP contribution in [0.1, 0.15) is 38.8 Å². The highest BCUT2D eigenvalue weighted by Gasteiger charge is 2.23. The molecule has 0 aromatic heterocycles. The second-order valence-electron chi connectivity index (χ2n) is 5.68. The van der Waals surface area contributed by atoms with Crippen LogP contribution < -0.4 is 0 Å². The van der Waals surface area contributed by atoms with Crippen LogP contribution in [0.3, 0.4) is 0 Å². The minimum atomic E-state index is -0.927. The molecule has 88 valence electrons. The van der Waals surface area contributed by atoms with Gasteiger partial charge in [-0.3, -0.25) is 0 Å². The second kappa shape index (κ2) is 4.60. The zero-order valence-electron chi connectivity index (χ0n) is 10.9. The zero-order chi connectivity index (χ0) is 13.1. The molecule has 0 bridgehead atoms. The molecule has 0 amide bonds. The van der Waals surface area contributed by atoms with Crippen LogP contribution in [-0.2, 0) is 11.8 Å². The smallest absolute Gasteiger partial charge is 0.145 e. The minimum absolute atomic E-state index is 0.131. The van der Waals surface area contributed by atoms with Crippen molar-refractivity contribution in [3.05, 3.63) is 35.4 Å². The van der Waals surface area contributed by atoms with Gasteiger partial charge in [0.15, 0.2) is 0 Å². The summed E-state index contributed by atoms with van der Waals surface area (Å²) in [6.45, 7) is 8.16. The van der Waals surface area contributed by atoms with Gasteiger partial charge in [0.05, 0.1) is 12.1 Å². The van der Waals surface area contributed by atoms with Crippen molar-refractivity contribution in [1.29, 1.82) is 10.5 Å². The molecule has 17 heavy (non-hydrogen) atoms. The molecule has 0 aliphatic heterocycles. The molecule has 1 aromatic carbocycles. The Morgan fingerprint density at radius 2 is 1.41 bits per heavy atom. The first-order valence-corrected chi connectivity index (χ1v) is 5.73. The Balaban J connectivity index is 2.92. The van der Waals surface area contributed by atoms with Gasteiger partial charge in [-0.2, -0.15) is 10.5 Å². The molecule has 0 radical (unpaired) electrons. The molecule has 2 nitrogen and oxygen atoms in total. The minimum Gasteiger partial charge on any atom is -0.197 e. The number of hydrogen-bond acceptors (Lipinski definition) is 2. The van der Waals surface area contributed by atoms with Crippen molar-refractivity contribution in [3.63, 3.8) is 0 Å². The SMILES string of the molecule is CC(C#N)(C#N)Cc1ccc(C(C)(C)C)cc1. The van der Waals surface area contributed by atoms with Gasteiger partial charge in [-0.05, 0) is 23.5 Å². The molecule has 0 atom stereocenters. The Bertz CT molecular complexity index is 450. The van der Waals surface area contributed by atoms with Gasteiger partial charge in [-0.1, -0.05) is 45.0 Å². The number of nitrogens with zero attached hydrogens (tertiary/aromatic N) is 2. The molecule has 0 saturated heterocycles. The van der Waals surface area contributed by atoms with E-state index in [0.29, 0.717) is 6.42 Å². The van der Waals surface area contributed by atoms with Crippen molar-refractivity contribution >= 4 is 0 Å². The molecule has 0 fully saturated rings. The maximum Gasteiger partial charge on any atom is 0.145 e. The summed E-state index contributed by atoms with van der Waals surface area (Å²) in [6, 6.07) is 12.3. The average Bonchev–Trinajstić information content (AvgIpc) is 2.28. The summed E-state index contributed by atoms with van der Waals surface area (Å²) in [6.07, 6.45) is 0.477. The van der Waals surface area contributed by atoms with Gasteiger partial charge in [-0.25, -0.2) is 0 Å². The summed E-state index contributed by atoms with van der Waals surface area (Å²) in [5.74, 6) is 0. The molecule has 1 aromatic rings. The van der Waals surface area contributed by atoms with Gasteiger partial charge >= 0.3 is 0 Å². The molecule has 0 aliphatic rings. The molecular formula is C15H18N2. The Hall–Kier alpha value is -1.80. The molecule has 0 heterocycles. The highest BCUT2D eigenvalue weighted by atomic mass is 14.4. The van der Waals surface area contributed by atoms with Crippen molar-refractivity contribution in [3.8, 4) is 12.1 Å². The van der Waals surface area contributed by atoms with E-state index in [9.17, 15) is 0 Å². The van der Waals surface area contributed by atoms with E-state index in [1.807, 2.05) is 12.1 Å². The van der Waals surface area contributed by atoms with Crippen molar-refractivity contribution in [2.45, 2.75) is 39.5 Å². The Kier molecular flexibility index (Phi) is 3.59. The number of rotatable bonds is 2. The van der Waals surface area contributed by atoms with E-state index in [2.05, 4.69) is 45.0 Å². The van der Waals surface area contributed by atoms with Crippen LogP contribution >= 0.6 is 0 Å². The van der Waals surface area contributed by atoms with Gasteiger partial charge in [0.2, 0.25) is 0 Å². The lowest BCUT2D eigenvalue weighted by molar-refractivity contribution is 0.576. The molecule has 0 saturated carbocycles. The molecular weight excluding hydrogens is 208 g/mol. The van der Waals surface area contributed by atoms with Gasteiger partial charge in [0.25, 0.3) is 0 Å². The summed E-state index contributed by atoms with van der Waals surface area (Å²) in [5, 5.41) is 17.9. The fourth-order valence-corrected chi connectivity index (χ4v) is 1.63. The van der Waals surface area contributed by atoms with Crippen molar-refractivity contribution in [1.82, 2.24) is 0 Å². The number of nitriles is 2. The van der Waals surface area contributed by atoms with E-state index in [1.54, 1.807) is 6.92 Å². The fraction of sp³-hybridized carbons (Fsp3) is 0.467. The zero-order valence-corrected chi connectivity index (χ0v) is 10.9. The summed E-state index contributed by atoms with van der Waals surface area (Å²) in [5.41, 5.74) is 1.50. The summed E-state index contributed by atoms with van der Waals surface area (Å²) in [4.78, 5) is 0. The van der Waals surface area contributed by atoms with Gasteiger partial charge in [0, 0.05) is 6.42 Å². The summed E-state index contributed by atoms with van der Waals surface area (Å²) in [7, 11) is 0. The molecule has 0 aliphatic carbocycles. The quantitative estimate of drug-likeness (QED) is 0.773. The topological polar surface area (TPSA) is 47.6 Å². The van der Waals surface area contributed by atoms with Crippen LogP contribution in [0, 0.1) is 28.1 Å². The van der Waals surface area contributed by atoms with Crippen LogP contribution in [-0.4, -0.2) is 0 Å². The Morgan fingerprint density at radius 1 is 0.941 bits per heavy atom. The standard InChI is InChI=1S/C15H18N2/c1-14(2,3)13-7-5-12(6-8-13)9-15(4,10-16)11-17/h5-8H,9H2,1-4H3. The molecule has 1 rings (SSSR count). The van der Waals surface area contributed by atoms with E-state index >= 15 is 0 Å². The lowest BCUT2D eigenvalue weighted by atomic mass is 9.83. The van der Waals surface area contributed by atoms with Crippen LogP contribution in [0.4, 0.5) is 0 Å². The van der Waals surface area contributed by atoms with Crippen LogP contribution in [0.5, 0.6) is 0 Å². The first kappa shape index (κ1) is 13.3. The second-order valence-corrected chi connectivity index (χ2v) is 5.68. The lowest BCUT2D eigenvalue weighted by Crippen LogP contribution is -2.15. The van der Waals surface area contributed by atoms with Gasteiger partial charge < -0.3 is 0 Å². The van der Waals surface area contributed by atoms with Crippen molar-refractivity contribution in [2.75, 3.05) is 0 Å². The van der Waals surface area contributed by atoms with Crippen LogP contribution in [0.15, 0.2) is 24.3 Å². The average molecular weight is 226 g/mol. The number of benzene rings is 1. The normalized spacial score (nSPS) is 11.6. The van der Waals surface area contributed by atoms with E-state index in [4.69, 9.17) is 10.5 Å². The molecule has 0 N–H and O–H groups in total. The van der Waals surface area contributed by atoms with E-state index in [1.165, 1.54) is 5.56 Å². The van der Waals surface area contributed by atoms with E-state index in [0.717, 1.165) is 5.56 Å². The molecule has 2 heteroatoms. The van der Waals surface area contributed by atoms with Crippen LogP contribution in [0.25, 0.3) is 0 Å². The van der Waals surface area contributed by atoms with Crippen molar-refractivity contribution < 1.29 is 0 Å². The maximum absolute atomic E-state index is 8.96. The summed E-state index contributed by atoms with van der Waals surface area (Å²) < 4.78 is 0. The Morgan fingerprint density at radius 3 is 1.76 bits per heavy atom. The highest BCUT2D eigenvalue weighted by Crippen LogP contribution is 2.25. The summed E-state index contributed by atoms with van der Waals surface area (Å²) >= 11 is 0. The first-order chi connectivity index (χ1) is 7.80. The lowest BCUT2D eigenvalue weighted by Gasteiger charge is -2.20. The maximum atomic E-state index is 8.96. The van der Waals surface area contributed by atoms with E-state index < -0.39 is 5.41 Å². The largest absolute Gasteiger partial charge is 0.197 e. The highest BCUT2D eigenvalue weighted by molar-refractivity contribution is 5.30. The molecule has 0 spiro atoms. The monoisotopic (exact) mass is 226 g/mol. The predicted octanol–water partition coefficient (Wildman–Crippen LogP) is 3.58. The Labute approximate surface area is 104 Å². The number of hydrogen-bond donors (Lipinski definition) is 0. The third-order valence-electron chi connectivity index (χ3n) is 2.87. The first-order valence-electron chi connectivity index (χ1n) is 5.73. The third kappa shape index (κ3) is 3.33. The van der Waals surface area contributed by atoms with E-state index in [-0.39, 0.29) is 5.41 Å². The predicted molar refractivity (Wildman–Crippen MR) is 68.2 cm³/mol. The van der Waals surface area contributed by atoms with Gasteiger partial charge in [-0.15, -0.1) is 0 Å². The van der Waals surface area contributed by atoms with Crippen molar-refractivity contribution in [2.24, 2.45) is 5.41 Å². The van der Waals surface area contributed by atoms with Crippen LogP contribution in [0.2, 0.25) is 0 Å².